The lowest BCUT2D eigenvalue weighted by atomic mass is 10.1. The van der Waals surface area contributed by atoms with Crippen LogP contribution in [-0.2, 0) is 15.8 Å². The summed E-state index contributed by atoms with van der Waals surface area (Å²) in [5.74, 6) is -0.338. The standard InChI is InChI=1S/C11H18N2O5S/c12-10-3-1-9(2-4-10)5-19(17,18)13-11(6-14,7-15)8-16/h1-4,13-16H,5-8,12H2. The van der Waals surface area contributed by atoms with Crippen molar-refractivity contribution in [3.8, 4) is 0 Å². The third-order valence-electron chi connectivity index (χ3n) is 2.62. The number of rotatable bonds is 7. The summed E-state index contributed by atoms with van der Waals surface area (Å²) < 4.78 is 25.9. The Morgan fingerprint density at radius 1 is 1.05 bits per heavy atom. The second kappa shape index (κ2) is 6.31. The average molecular weight is 290 g/mol. The van der Waals surface area contributed by atoms with E-state index in [-0.39, 0.29) is 5.75 Å². The summed E-state index contributed by atoms with van der Waals surface area (Å²) in [5.41, 5.74) is 4.85. The molecule has 0 aliphatic carbocycles. The van der Waals surface area contributed by atoms with Gasteiger partial charge in [0.1, 0.15) is 5.54 Å². The lowest BCUT2D eigenvalue weighted by molar-refractivity contribution is 0.0581. The van der Waals surface area contributed by atoms with Crippen molar-refractivity contribution in [1.82, 2.24) is 4.72 Å². The number of hydrogen-bond donors (Lipinski definition) is 5. The average Bonchev–Trinajstić information content (AvgIpc) is 2.39. The van der Waals surface area contributed by atoms with E-state index in [1.54, 1.807) is 24.3 Å². The molecule has 0 saturated heterocycles. The van der Waals surface area contributed by atoms with Crippen LogP contribution in [0.4, 0.5) is 5.69 Å². The lowest BCUT2D eigenvalue weighted by Crippen LogP contribution is -2.57. The van der Waals surface area contributed by atoms with Crippen LogP contribution in [0.5, 0.6) is 0 Å². The summed E-state index contributed by atoms with van der Waals surface area (Å²) in [7, 11) is -3.81. The SMILES string of the molecule is Nc1ccc(CS(=O)(=O)NC(CO)(CO)CO)cc1. The third-order valence-corrected chi connectivity index (χ3v) is 4.07. The first-order chi connectivity index (χ1) is 8.86. The van der Waals surface area contributed by atoms with Crippen LogP contribution >= 0.6 is 0 Å². The second-order valence-electron chi connectivity index (χ2n) is 4.36. The monoisotopic (exact) mass is 290 g/mol. The molecule has 0 bridgehead atoms. The van der Waals surface area contributed by atoms with Crippen molar-refractivity contribution in [2.45, 2.75) is 11.3 Å². The van der Waals surface area contributed by atoms with Crippen molar-refractivity contribution < 1.29 is 23.7 Å². The summed E-state index contributed by atoms with van der Waals surface area (Å²) in [6.45, 7) is -2.12. The largest absolute Gasteiger partial charge is 0.399 e. The molecule has 0 aliphatic rings. The van der Waals surface area contributed by atoms with Gasteiger partial charge >= 0.3 is 0 Å². The van der Waals surface area contributed by atoms with E-state index in [1.807, 2.05) is 0 Å². The van der Waals surface area contributed by atoms with Gasteiger partial charge in [0.05, 0.1) is 25.6 Å². The van der Waals surface area contributed by atoms with E-state index in [2.05, 4.69) is 4.72 Å². The minimum absolute atomic E-state index is 0.338. The molecular formula is C11H18N2O5S. The molecule has 8 heteroatoms. The number of aliphatic hydroxyl groups is 3. The highest BCUT2D eigenvalue weighted by Gasteiger charge is 2.33. The minimum Gasteiger partial charge on any atom is -0.399 e. The first-order valence-electron chi connectivity index (χ1n) is 5.55. The Balaban J connectivity index is 2.84. The topological polar surface area (TPSA) is 133 Å². The number of aliphatic hydroxyl groups excluding tert-OH is 3. The second-order valence-corrected chi connectivity index (χ2v) is 6.08. The fourth-order valence-electron chi connectivity index (χ4n) is 1.45. The van der Waals surface area contributed by atoms with Gasteiger partial charge in [-0.25, -0.2) is 13.1 Å². The van der Waals surface area contributed by atoms with Crippen molar-refractivity contribution in [3.63, 3.8) is 0 Å². The van der Waals surface area contributed by atoms with Gasteiger partial charge in [-0.05, 0) is 17.7 Å². The fourth-order valence-corrected chi connectivity index (χ4v) is 3.00. The van der Waals surface area contributed by atoms with E-state index in [0.29, 0.717) is 11.3 Å². The molecule has 0 radical (unpaired) electrons. The zero-order valence-corrected chi connectivity index (χ0v) is 11.1. The van der Waals surface area contributed by atoms with Gasteiger partial charge < -0.3 is 21.1 Å². The first-order valence-corrected chi connectivity index (χ1v) is 7.20. The van der Waals surface area contributed by atoms with Gasteiger partial charge in [-0.2, -0.15) is 0 Å². The zero-order chi connectivity index (χ0) is 14.5. The van der Waals surface area contributed by atoms with E-state index in [9.17, 15) is 8.42 Å². The predicted molar refractivity (Wildman–Crippen MR) is 70.6 cm³/mol. The van der Waals surface area contributed by atoms with Crippen molar-refractivity contribution in [2.24, 2.45) is 0 Å². The molecule has 0 amide bonds. The van der Waals surface area contributed by atoms with Crippen LogP contribution in [0.25, 0.3) is 0 Å². The number of nitrogen functional groups attached to an aromatic ring is 1. The molecule has 1 aromatic carbocycles. The molecule has 1 rings (SSSR count). The maximum atomic E-state index is 11.9. The number of nitrogens with two attached hydrogens (primary N) is 1. The normalized spacial score (nSPS) is 12.6. The molecule has 0 heterocycles. The van der Waals surface area contributed by atoms with E-state index >= 15 is 0 Å². The van der Waals surface area contributed by atoms with Crippen molar-refractivity contribution in [3.05, 3.63) is 29.8 Å². The molecule has 0 saturated carbocycles. The molecule has 0 fully saturated rings. The Labute approximate surface area is 111 Å². The van der Waals surface area contributed by atoms with Gasteiger partial charge in [-0.1, -0.05) is 12.1 Å². The zero-order valence-electron chi connectivity index (χ0n) is 10.3. The number of sulfonamides is 1. The van der Waals surface area contributed by atoms with Crippen LogP contribution < -0.4 is 10.5 Å². The third kappa shape index (κ3) is 4.44. The molecule has 1 aromatic rings. The number of hydrogen-bond acceptors (Lipinski definition) is 6. The van der Waals surface area contributed by atoms with Crippen molar-refractivity contribution in [2.75, 3.05) is 25.6 Å². The van der Waals surface area contributed by atoms with Crippen LogP contribution in [0.3, 0.4) is 0 Å². The molecule has 6 N–H and O–H groups in total. The number of benzene rings is 1. The van der Waals surface area contributed by atoms with Crippen LogP contribution in [0, 0.1) is 0 Å². The first kappa shape index (κ1) is 15.9. The van der Waals surface area contributed by atoms with Crippen molar-refractivity contribution >= 4 is 15.7 Å². The molecule has 108 valence electrons. The molecule has 0 aliphatic heterocycles. The summed E-state index contributed by atoms with van der Waals surface area (Å²) in [5, 5.41) is 27.2. The van der Waals surface area contributed by atoms with E-state index in [0.717, 1.165) is 0 Å². The molecule has 0 atom stereocenters. The summed E-state index contributed by atoms with van der Waals surface area (Å²) in [4.78, 5) is 0. The van der Waals surface area contributed by atoms with Gasteiger partial charge in [0.2, 0.25) is 10.0 Å². The summed E-state index contributed by atoms with van der Waals surface area (Å²) in [6, 6.07) is 6.27. The summed E-state index contributed by atoms with van der Waals surface area (Å²) >= 11 is 0. The summed E-state index contributed by atoms with van der Waals surface area (Å²) in [6.07, 6.45) is 0. The smallest absolute Gasteiger partial charge is 0.216 e. The maximum Gasteiger partial charge on any atom is 0.216 e. The van der Waals surface area contributed by atoms with Gasteiger partial charge in [0, 0.05) is 5.69 Å². The van der Waals surface area contributed by atoms with Gasteiger partial charge in [-0.15, -0.1) is 0 Å². The fraction of sp³-hybridized carbons (Fsp3) is 0.455. The van der Waals surface area contributed by atoms with Crippen LogP contribution in [0.2, 0.25) is 0 Å². The quantitative estimate of drug-likeness (QED) is 0.384. The molecule has 0 aromatic heterocycles. The Kier molecular flexibility index (Phi) is 5.27. The highest BCUT2D eigenvalue weighted by molar-refractivity contribution is 7.88. The van der Waals surface area contributed by atoms with Gasteiger partial charge in [0.15, 0.2) is 0 Å². The van der Waals surface area contributed by atoms with Crippen molar-refractivity contribution in [1.29, 1.82) is 0 Å². The number of anilines is 1. The molecule has 0 spiro atoms. The number of nitrogens with one attached hydrogen (secondary N) is 1. The Morgan fingerprint density at radius 3 is 1.95 bits per heavy atom. The Hall–Kier alpha value is -1.19. The Bertz CT molecular complexity index is 488. The molecule has 0 unspecified atom stereocenters. The maximum absolute atomic E-state index is 11.9. The van der Waals surface area contributed by atoms with E-state index < -0.39 is 35.4 Å². The van der Waals surface area contributed by atoms with Crippen LogP contribution in [0.1, 0.15) is 5.56 Å². The van der Waals surface area contributed by atoms with E-state index in [4.69, 9.17) is 21.1 Å². The van der Waals surface area contributed by atoms with Crippen LogP contribution in [0.15, 0.2) is 24.3 Å². The molecule has 7 nitrogen and oxygen atoms in total. The predicted octanol–water partition coefficient (Wildman–Crippen LogP) is -1.60. The van der Waals surface area contributed by atoms with Gasteiger partial charge in [-0.3, -0.25) is 0 Å². The van der Waals surface area contributed by atoms with Crippen LogP contribution in [-0.4, -0.2) is 49.1 Å². The highest BCUT2D eigenvalue weighted by atomic mass is 32.2. The Morgan fingerprint density at radius 2 is 1.53 bits per heavy atom. The highest BCUT2D eigenvalue weighted by Crippen LogP contribution is 2.11. The molecule has 19 heavy (non-hydrogen) atoms. The minimum atomic E-state index is -3.81. The molecular weight excluding hydrogens is 272 g/mol. The van der Waals surface area contributed by atoms with E-state index in [1.165, 1.54) is 0 Å². The van der Waals surface area contributed by atoms with Gasteiger partial charge in [0.25, 0.3) is 0 Å². The lowest BCUT2D eigenvalue weighted by Gasteiger charge is -2.28.